The van der Waals surface area contributed by atoms with Crippen LogP contribution in [0.25, 0.3) is 0 Å². The van der Waals surface area contributed by atoms with Crippen LogP contribution in [0.1, 0.15) is 17.3 Å². The van der Waals surface area contributed by atoms with E-state index in [1.54, 1.807) is 18.2 Å². The van der Waals surface area contributed by atoms with E-state index >= 15 is 0 Å². The van der Waals surface area contributed by atoms with Gasteiger partial charge in [-0.25, -0.2) is 4.98 Å². The minimum absolute atomic E-state index is 0.141. The molecule has 4 nitrogen and oxygen atoms in total. The quantitative estimate of drug-likeness (QED) is 0.702. The molecule has 0 aliphatic heterocycles. The molecule has 0 aromatic carbocycles. The lowest BCUT2D eigenvalue weighted by molar-refractivity contribution is 0.1000. The van der Waals surface area contributed by atoms with Crippen LogP contribution < -0.4 is 11.1 Å². The summed E-state index contributed by atoms with van der Waals surface area (Å²) in [6.45, 7) is 5.59. The van der Waals surface area contributed by atoms with Crippen LogP contribution in [0.3, 0.4) is 0 Å². The summed E-state index contributed by atoms with van der Waals surface area (Å²) in [6.07, 6.45) is 3.21. The highest BCUT2D eigenvalue weighted by Crippen LogP contribution is 2.06. The molecule has 1 aromatic rings. The molecule has 1 atom stereocenters. The first-order valence-electron chi connectivity index (χ1n) is 4.28. The Morgan fingerprint density at radius 2 is 2.43 bits per heavy atom. The molecule has 0 aliphatic carbocycles. The van der Waals surface area contributed by atoms with E-state index in [-0.39, 0.29) is 6.04 Å². The Kier molecular flexibility index (Phi) is 3.23. The molecular weight excluding hydrogens is 178 g/mol. The maximum atomic E-state index is 10.7. The number of nitrogens with one attached hydrogen (secondary N) is 1. The first-order chi connectivity index (χ1) is 6.63. The maximum Gasteiger partial charge on any atom is 0.250 e. The number of rotatable bonds is 4. The zero-order chi connectivity index (χ0) is 10.6. The summed E-state index contributed by atoms with van der Waals surface area (Å²) < 4.78 is 0. The Bertz CT molecular complexity index is 332. The second kappa shape index (κ2) is 4.41. The molecule has 1 heterocycles. The van der Waals surface area contributed by atoms with Crippen LogP contribution in [0.15, 0.2) is 31.0 Å². The molecule has 1 unspecified atom stereocenters. The van der Waals surface area contributed by atoms with Crippen LogP contribution in [0.4, 0.5) is 5.82 Å². The SMILES string of the molecule is C=CC(C)Nc1ccc(C(N)=O)cn1. The molecule has 0 spiro atoms. The molecule has 0 saturated carbocycles. The molecule has 1 rings (SSSR count). The van der Waals surface area contributed by atoms with E-state index < -0.39 is 5.91 Å². The van der Waals surface area contributed by atoms with E-state index in [4.69, 9.17) is 5.73 Å². The summed E-state index contributed by atoms with van der Waals surface area (Å²) >= 11 is 0. The molecule has 4 heteroatoms. The third-order valence-corrected chi connectivity index (χ3v) is 1.78. The molecule has 1 amide bonds. The van der Waals surface area contributed by atoms with Crippen molar-refractivity contribution in [3.8, 4) is 0 Å². The summed E-state index contributed by atoms with van der Waals surface area (Å²) in [4.78, 5) is 14.8. The smallest absolute Gasteiger partial charge is 0.250 e. The number of anilines is 1. The zero-order valence-electron chi connectivity index (χ0n) is 8.03. The largest absolute Gasteiger partial charge is 0.366 e. The predicted octanol–water partition coefficient (Wildman–Crippen LogP) is 1.17. The Hall–Kier alpha value is -1.84. The molecule has 0 bridgehead atoms. The Balaban J connectivity index is 2.73. The fraction of sp³-hybridized carbons (Fsp3) is 0.200. The summed E-state index contributed by atoms with van der Waals surface area (Å²) in [5, 5.41) is 3.08. The third-order valence-electron chi connectivity index (χ3n) is 1.78. The number of hydrogen-bond acceptors (Lipinski definition) is 3. The summed E-state index contributed by atoms with van der Waals surface area (Å²) in [5.41, 5.74) is 5.48. The van der Waals surface area contributed by atoms with Gasteiger partial charge in [0.25, 0.3) is 0 Å². The van der Waals surface area contributed by atoms with Gasteiger partial charge in [-0.15, -0.1) is 6.58 Å². The summed E-state index contributed by atoms with van der Waals surface area (Å²) in [5.74, 6) is 0.225. The predicted molar refractivity (Wildman–Crippen MR) is 56.0 cm³/mol. The van der Waals surface area contributed by atoms with Crippen LogP contribution >= 0.6 is 0 Å². The van der Waals surface area contributed by atoms with Crippen LogP contribution in [0.5, 0.6) is 0 Å². The van der Waals surface area contributed by atoms with E-state index in [1.165, 1.54) is 6.20 Å². The fourth-order valence-electron chi connectivity index (χ4n) is 0.917. The standard InChI is InChI=1S/C10H13N3O/c1-3-7(2)13-9-5-4-8(6-12-9)10(11)14/h3-7H,1H2,2H3,(H2,11,14)(H,12,13). The number of pyridine rings is 1. The molecule has 0 aliphatic rings. The van der Waals surface area contributed by atoms with E-state index in [0.29, 0.717) is 11.4 Å². The highest BCUT2D eigenvalue weighted by atomic mass is 16.1. The minimum Gasteiger partial charge on any atom is -0.366 e. The second-order valence-corrected chi connectivity index (χ2v) is 2.97. The van der Waals surface area contributed by atoms with Crippen molar-refractivity contribution >= 4 is 11.7 Å². The topological polar surface area (TPSA) is 68.0 Å². The number of nitrogens with zero attached hydrogens (tertiary/aromatic N) is 1. The van der Waals surface area contributed by atoms with Crippen molar-refractivity contribution in [3.05, 3.63) is 36.5 Å². The summed E-state index contributed by atoms with van der Waals surface area (Å²) in [7, 11) is 0. The van der Waals surface area contributed by atoms with Gasteiger partial charge in [0.2, 0.25) is 5.91 Å². The number of carbonyl (C=O) groups is 1. The lowest BCUT2D eigenvalue weighted by Crippen LogP contribution is -2.14. The van der Waals surface area contributed by atoms with E-state index in [0.717, 1.165) is 0 Å². The Morgan fingerprint density at radius 1 is 1.71 bits per heavy atom. The van der Waals surface area contributed by atoms with Gasteiger partial charge in [-0.2, -0.15) is 0 Å². The average molecular weight is 191 g/mol. The van der Waals surface area contributed by atoms with Gasteiger partial charge in [0, 0.05) is 12.2 Å². The highest BCUT2D eigenvalue weighted by Gasteiger charge is 2.01. The maximum absolute atomic E-state index is 10.7. The first-order valence-corrected chi connectivity index (χ1v) is 4.28. The monoisotopic (exact) mass is 191 g/mol. The van der Waals surface area contributed by atoms with Crippen molar-refractivity contribution in [1.29, 1.82) is 0 Å². The van der Waals surface area contributed by atoms with E-state index in [1.807, 2.05) is 6.92 Å². The van der Waals surface area contributed by atoms with Crippen LogP contribution in [0, 0.1) is 0 Å². The Morgan fingerprint density at radius 3 is 2.86 bits per heavy atom. The lowest BCUT2D eigenvalue weighted by atomic mass is 10.2. The molecule has 0 saturated heterocycles. The number of amides is 1. The van der Waals surface area contributed by atoms with Gasteiger partial charge >= 0.3 is 0 Å². The van der Waals surface area contributed by atoms with Crippen LogP contribution in [0.2, 0.25) is 0 Å². The third kappa shape index (κ3) is 2.58. The van der Waals surface area contributed by atoms with Gasteiger partial charge in [-0.05, 0) is 19.1 Å². The Labute approximate surface area is 82.8 Å². The van der Waals surface area contributed by atoms with Gasteiger partial charge in [-0.1, -0.05) is 6.08 Å². The van der Waals surface area contributed by atoms with E-state index in [2.05, 4.69) is 16.9 Å². The number of carbonyl (C=O) groups excluding carboxylic acids is 1. The van der Waals surface area contributed by atoms with Gasteiger partial charge in [0.05, 0.1) is 5.56 Å². The van der Waals surface area contributed by atoms with Gasteiger partial charge in [0.15, 0.2) is 0 Å². The van der Waals surface area contributed by atoms with Crippen molar-refractivity contribution in [2.75, 3.05) is 5.32 Å². The lowest BCUT2D eigenvalue weighted by Gasteiger charge is -2.09. The normalized spacial score (nSPS) is 11.8. The first kappa shape index (κ1) is 10.2. The van der Waals surface area contributed by atoms with Crippen molar-refractivity contribution in [3.63, 3.8) is 0 Å². The highest BCUT2D eigenvalue weighted by molar-refractivity contribution is 5.92. The minimum atomic E-state index is -0.471. The zero-order valence-corrected chi connectivity index (χ0v) is 8.03. The number of nitrogens with two attached hydrogens (primary N) is 1. The molecule has 14 heavy (non-hydrogen) atoms. The molecule has 0 radical (unpaired) electrons. The second-order valence-electron chi connectivity index (χ2n) is 2.97. The fourth-order valence-corrected chi connectivity index (χ4v) is 0.917. The molecular formula is C10H13N3O. The van der Waals surface area contributed by atoms with Crippen molar-refractivity contribution < 1.29 is 4.79 Å². The molecule has 0 fully saturated rings. The number of aromatic nitrogens is 1. The van der Waals surface area contributed by atoms with Crippen molar-refractivity contribution in [2.45, 2.75) is 13.0 Å². The van der Waals surface area contributed by atoms with E-state index in [9.17, 15) is 4.79 Å². The van der Waals surface area contributed by atoms with Crippen LogP contribution in [-0.2, 0) is 0 Å². The molecule has 3 N–H and O–H groups in total. The number of primary amides is 1. The average Bonchev–Trinajstić information content (AvgIpc) is 2.18. The van der Waals surface area contributed by atoms with Gasteiger partial charge < -0.3 is 11.1 Å². The summed E-state index contributed by atoms with van der Waals surface area (Å²) in [6, 6.07) is 3.48. The van der Waals surface area contributed by atoms with Crippen LogP contribution in [-0.4, -0.2) is 16.9 Å². The van der Waals surface area contributed by atoms with Crippen molar-refractivity contribution in [1.82, 2.24) is 4.98 Å². The van der Waals surface area contributed by atoms with Gasteiger partial charge in [0.1, 0.15) is 5.82 Å². The van der Waals surface area contributed by atoms with Gasteiger partial charge in [-0.3, -0.25) is 4.79 Å². The van der Waals surface area contributed by atoms with Crippen molar-refractivity contribution in [2.24, 2.45) is 5.73 Å². The molecule has 1 aromatic heterocycles. The number of hydrogen-bond donors (Lipinski definition) is 2. The molecule has 74 valence electrons.